The first-order valence-corrected chi connectivity index (χ1v) is 6.12. The van der Waals surface area contributed by atoms with Crippen LogP contribution >= 0.6 is 0 Å². The maximum absolute atomic E-state index is 9.31. The van der Waals surface area contributed by atoms with E-state index in [9.17, 15) is 5.26 Å². The summed E-state index contributed by atoms with van der Waals surface area (Å²) in [5, 5.41) is 9.31. The highest BCUT2D eigenvalue weighted by Gasteiger charge is 2.25. The van der Waals surface area contributed by atoms with Gasteiger partial charge in [-0.15, -0.1) is 0 Å². The van der Waals surface area contributed by atoms with Crippen LogP contribution in [0, 0.1) is 18.3 Å². The molecule has 1 N–H and O–H groups in total. The van der Waals surface area contributed by atoms with Gasteiger partial charge in [-0.05, 0) is 13.5 Å². The Morgan fingerprint density at radius 2 is 2.18 bits per heavy atom. The van der Waals surface area contributed by atoms with Crippen LogP contribution in [0.15, 0.2) is 6.20 Å². The average Bonchev–Trinajstić information content (AvgIpc) is 2.78. The van der Waals surface area contributed by atoms with Gasteiger partial charge in [-0.3, -0.25) is 4.90 Å². The number of imidazole rings is 1. The summed E-state index contributed by atoms with van der Waals surface area (Å²) in [5.74, 6) is 0.868. The molecule has 5 heteroatoms. The largest absolute Gasteiger partial charge is 0.344 e. The Morgan fingerprint density at radius 3 is 2.65 bits per heavy atom. The Bertz CT molecular complexity index is 397. The quantitative estimate of drug-likeness (QED) is 0.843. The first kappa shape index (κ1) is 12.1. The fraction of sp³-hybridized carbons (Fsp3) is 0.667. The fourth-order valence-electron chi connectivity index (χ4n) is 2.26. The van der Waals surface area contributed by atoms with Crippen LogP contribution in [-0.2, 0) is 0 Å². The molecule has 1 aromatic heterocycles. The molecule has 2 heterocycles. The molecule has 0 spiro atoms. The van der Waals surface area contributed by atoms with Gasteiger partial charge in [-0.1, -0.05) is 6.92 Å². The van der Waals surface area contributed by atoms with Crippen LogP contribution < -0.4 is 0 Å². The Labute approximate surface area is 102 Å². The van der Waals surface area contributed by atoms with Gasteiger partial charge in [-0.2, -0.15) is 5.26 Å². The molecule has 0 amide bonds. The first-order chi connectivity index (χ1) is 8.24. The van der Waals surface area contributed by atoms with Crippen molar-refractivity contribution in [3.05, 3.63) is 17.7 Å². The molecule has 0 saturated carbocycles. The minimum atomic E-state index is -0.185. The lowest BCUT2D eigenvalue weighted by atomic mass is 10.2. The SMILES string of the molecule is CCN1CCN(C(C#N)c2cnc(C)[nH]2)CC1. The van der Waals surface area contributed by atoms with Crippen LogP contribution in [0.5, 0.6) is 0 Å². The summed E-state index contributed by atoms with van der Waals surface area (Å²) >= 11 is 0. The van der Waals surface area contributed by atoms with Gasteiger partial charge in [0, 0.05) is 26.2 Å². The maximum Gasteiger partial charge on any atom is 0.140 e. The molecular weight excluding hydrogens is 214 g/mol. The molecule has 1 atom stereocenters. The van der Waals surface area contributed by atoms with Crippen molar-refractivity contribution >= 4 is 0 Å². The molecule has 92 valence electrons. The minimum Gasteiger partial charge on any atom is -0.344 e. The van der Waals surface area contributed by atoms with Gasteiger partial charge in [-0.25, -0.2) is 4.98 Å². The number of aryl methyl sites for hydroxylation is 1. The van der Waals surface area contributed by atoms with E-state index in [1.807, 2.05) is 6.92 Å². The minimum absolute atomic E-state index is 0.185. The highest BCUT2D eigenvalue weighted by atomic mass is 15.3. The second kappa shape index (κ2) is 5.30. The summed E-state index contributed by atoms with van der Waals surface area (Å²) in [5.41, 5.74) is 0.912. The third kappa shape index (κ3) is 2.65. The van der Waals surface area contributed by atoms with Crippen molar-refractivity contribution in [3.63, 3.8) is 0 Å². The first-order valence-electron chi connectivity index (χ1n) is 6.12. The second-order valence-corrected chi connectivity index (χ2v) is 4.43. The monoisotopic (exact) mass is 233 g/mol. The van der Waals surface area contributed by atoms with Crippen LogP contribution in [0.4, 0.5) is 0 Å². The molecule has 1 aliphatic heterocycles. The molecular formula is C12H19N5. The van der Waals surface area contributed by atoms with E-state index in [1.54, 1.807) is 6.20 Å². The number of likely N-dealkylation sites (N-methyl/N-ethyl adjacent to an activating group) is 1. The van der Waals surface area contributed by atoms with Crippen molar-refractivity contribution in [2.45, 2.75) is 19.9 Å². The van der Waals surface area contributed by atoms with Crippen molar-refractivity contribution in [2.75, 3.05) is 32.7 Å². The number of piperazine rings is 1. The van der Waals surface area contributed by atoms with Crippen molar-refractivity contribution in [2.24, 2.45) is 0 Å². The number of aromatic amines is 1. The smallest absolute Gasteiger partial charge is 0.140 e. The third-order valence-electron chi connectivity index (χ3n) is 3.36. The molecule has 0 bridgehead atoms. The molecule has 0 aromatic carbocycles. The van der Waals surface area contributed by atoms with Gasteiger partial charge in [0.05, 0.1) is 18.0 Å². The van der Waals surface area contributed by atoms with Gasteiger partial charge >= 0.3 is 0 Å². The van der Waals surface area contributed by atoms with Crippen LogP contribution in [0.1, 0.15) is 24.5 Å². The average molecular weight is 233 g/mol. The number of nitriles is 1. The molecule has 0 aliphatic carbocycles. The van der Waals surface area contributed by atoms with Gasteiger partial charge < -0.3 is 9.88 Å². The van der Waals surface area contributed by atoms with Gasteiger partial charge in [0.2, 0.25) is 0 Å². The lowest BCUT2D eigenvalue weighted by molar-refractivity contribution is 0.117. The number of hydrogen-bond donors (Lipinski definition) is 1. The molecule has 1 aliphatic rings. The Balaban J connectivity index is 2.03. The molecule has 1 saturated heterocycles. The maximum atomic E-state index is 9.31. The van der Waals surface area contributed by atoms with E-state index in [0.717, 1.165) is 44.2 Å². The molecule has 17 heavy (non-hydrogen) atoms. The Kier molecular flexibility index (Phi) is 3.77. The number of H-pyrrole nitrogens is 1. The summed E-state index contributed by atoms with van der Waals surface area (Å²) < 4.78 is 0. The normalized spacial score (nSPS) is 20.1. The van der Waals surface area contributed by atoms with Crippen molar-refractivity contribution < 1.29 is 0 Å². The van der Waals surface area contributed by atoms with E-state index in [0.29, 0.717) is 0 Å². The van der Waals surface area contributed by atoms with E-state index in [4.69, 9.17) is 0 Å². The van der Waals surface area contributed by atoms with Gasteiger partial charge in [0.15, 0.2) is 0 Å². The Morgan fingerprint density at radius 1 is 1.47 bits per heavy atom. The lowest BCUT2D eigenvalue weighted by Crippen LogP contribution is -2.47. The highest BCUT2D eigenvalue weighted by molar-refractivity contribution is 5.14. The van der Waals surface area contributed by atoms with E-state index in [-0.39, 0.29) is 6.04 Å². The van der Waals surface area contributed by atoms with E-state index < -0.39 is 0 Å². The molecule has 1 aromatic rings. The zero-order valence-corrected chi connectivity index (χ0v) is 10.5. The zero-order valence-electron chi connectivity index (χ0n) is 10.5. The number of nitrogens with one attached hydrogen (secondary N) is 1. The standard InChI is InChI=1S/C12H19N5/c1-3-16-4-6-17(7-5-16)12(8-13)11-9-14-10(2)15-11/h9,12H,3-7H2,1-2H3,(H,14,15). The summed E-state index contributed by atoms with van der Waals surface area (Å²) in [6, 6.07) is 2.19. The Hall–Kier alpha value is -1.38. The van der Waals surface area contributed by atoms with Crippen molar-refractivity contribution in [1.29, 1.82) is 5.26 Å². The number of nitrogens with zero attached hydrogens (tertiary/aromatic N) is 4. The summed E-state index contributed by atoms with van der Waals surface area (Å²) in [6.45, 7) is 9.16. The fourth-order valence-corrected chi connectivity index (χ4v) is 2.26. The van der Waals surface area contributed by atoms with Crippen molar-refractivity contribution in [3.8, 4) is 6.07 Å². The molecule has 1 fully saturated rings. The van der Waals surface area contributed by atoms with Crippen LogP contribution in [0.3, 0.4) is 0 Å². The van der Waals surface area contributed by atoms with E-state index in [1.165, 1.54) is 0 Å². The zero-order chi connectivity index (χ0) is 12.3. The summed E-state index contributed by atoms with van der Waals surface area (Å²) in [6.07, 6.45) is 1.77. The number of aromatic nitrogens is 2. The predicted octanol–water partition coefficient (Wildman–Crippen LogP) is 0.920. The topological polar surface area (TPSA) is 58.9 Å². The van der Waals surface area contributed by atoms with E-state index >= 15 is 0 Å². The molecule has 1 unspecified atom stereocenters. The number of hydrogen-bond acceptors (Lipinski definition) is 4. The summed E-state index contributed by atoms with van der Waals surface area (Å²) in [4.78, 5) is 12.0. The highest BCUT2D eigenvalue weighted by Crippen LogP contribution is 2.19. The number of rotatable bonds is 3. The van der Waals surface area contributed by atoms with Crippen LogP contribution in [0.25, 0.3) is 0 Å². The van der Waals surface area contributed by atoms with Gasteiger partial charge in [0.1, 0.15) is 11.9 Å². The lowest BCUT2D eigenvalue weighted by Gasteiger charge is -2.35. The van der Waals surface area contributed by atoms with Crippen LogP contribution in [-0.4, -0.2) is 52.5 Å². The van der Waals surface area contributed by atoms with Gasteiger partial charge in [0.25, 0.3) is 0 Å². The second-order valence-electron chi connectivity index (χ2n) is 4.43. The summed E-state index contributed by atoms with van der Waals surface area (Å²) in [7, 11) is 0. The van der Waals surface area contributed by atoms with Crippen molar-refractivity contribution in [1.82, 2.24) is 19.8 Å². The predicted molar refractivity (Wildman–Crippen MR) is 65.4 cm³/mol. The molecule has 2 rings (SSSR count). The molecule has 0 radical (unpaired) electrons. The van der Waals surface area contributed by atoms with E-state index in [2.05, 4.69) is 32.8 Å². The van der Waals surface area contributed by atoms with Crippen LogP contribution in [0.2, 0.25) is 0 Å². The third-order valence-corrected chi connectivity index (χ3v) is 3.36. The molecule has 5 nitrogen and oxygen atoms in total.